The van der Waals surface area contributed by atoms with E-state index in [2.05, 4.69) is 15.0 Å². The van der Waals surface area contributed by atoms with Crippen LogP contribution in [0.25, 0.3) is 0 Å². The number of anilines is 2. The van der Waals surface area contributed by atoms with Gasteiger partial charge < -0.3 is 15.4 Å². The van der Waals surface area contributed by atoms with Crippen LogP contribution in [0.2, 0.25) is 0 Å². The Labute approximate surface area is 157 Å². The molecule has 140 valence electrons. The number of aromatic nitrogens is 1. The second-order valence-electron chi connectivity index (χ2n) is 5.16. The second-order valence-corrected chi connectivity index (χ2v) is 7.00. The van der Waals surface area contributed by atoms with Crippen LogP contribution in [0.3, 0.4) is 0 Å². The summed E-state index contributed by atoms with van der Waals surface area (Å²) in [7, 11) is 1.66. The summed E-state index contributed by atoms with van der Waals surface area (Å²) in [5.41, 5.74) is 1.23. The zero-order chi connectivity index (χ0) is 19.3. The van der Waals surface area contributed by atoms with Crippen molar-refractivity contribution in [2.24, 2.45) is 0 Å². The largest absolute Gasteiger partial charge is 0.449 e. The lowest BCUT2D eigenvalue weighted by Gasteiger charge is -2.14. The van der Waals surface area contributed by atoms with E-state index in [0.717, 1.165) is 11.5 Å². The second kappa shape index (κ2) is 8.95. The topological polar surface area (TPSA) is 80.3 Å². The van der Waals surface area contributed by atoms with Crippen molar-refractivity contribution in [2.75, 3.05) is 17.7 Å². The fraction of sp³-hybridized carbons (Fsp3) is 0.312. The number of alkyl halides is 2. The molecule has 1 aromatic carbocycles. The molecule has 0 saturated carbocycles. The van der Waals surface area contributed by atoms with Crippen molar-refractivity contribution in [3.05, 3.63) is 35.5 Å². The molecule has 0 aliphatic heterocycles. The molecule has 2 rings (SSSR count). The summed E-state index contributed by atoms with van der Waals surface area (Å²) in [5, 5.41) is 5.99. The Morgan fingerprint density at radius 3 is 2.50 bits per heavy atom. The van der Waals surface area contributed by atoms with Crippen LogP contribution in [0.15, 0.2) is 29.2 Å². The van der Waals surface area contributed by atoms with Crippen LogP contribution in [0.1, 0.15) is 23.0 Å². The summed E-state index contributed by atoms with van der Waals surface area (Å²) in [5.74, 6) is -3.68. The first kappa shape index (κ1) is 20.1. The van der Waals surface area contributed by atoms with Gasteiger partial charge in [-0.1, -0.05) is 11.8 Å². The number of hydrogen-bond donors (Lipinski definition) is 2. The first-order valence-electron chi connectivity index (χ1n) is 7.52. The number of carbonyl (C=O) groups is 2. The molecule has 0 bridgehead atoms. The zero-order valence-corrected chi connectivity index (χ0v) is 15.8. The van der Waals surface area contributed by atoms with E-state index in [9.17, 15) is 18.4 Å². The number of halogens is 2. The van der Waals surface area contributed by atoms with Crippen molar-refractivity contribution in [3.63, 3.8) is 0 Å². The summed E-state index contributed by atoms with van der Waals surface area (Å²) >= 11 is 1.55. The highest BCUT2D eigenvalue weighted by atomic mass is 32.2. The molecule has 0 spiro atoms. The minimum atomic E-state index is -2.51. The van der Waals surface area contributed by atoms with E-state index in [1.807, 2.05) is 0 Å². The lowest BCUT2D eigenvalue weighted by atomic mass is 10.2. The third-order valence-corrected chi connectivity index (χ3v) is 4.97. The van der Waals surface area contributed by atoms with Crippen molar-refractivity contribution in [1.29, 1.82) is 0 Å². The molecule has 2 N–H and O–H groups in total. The van der Waals surface area contributed by atoms with Crippen LogP contribution >= 0.6 is 23.3 Å². The summed E-state index contributed by atoms with van der Waals surface area (Å²) in [4.78, 5) is 24.8. The number of esters is 1. The molecule has 0 aliphatic carbocycles. The molecule has 0 aliphatic rings. The van der Waals surface area contributed by atoms with Crippen LogP contribution in [0.4, 0.5) is 19.5 Å². The SMILES string of the molecule is CNc1snc(C)c1C(=O)OC(C)C(=O)Nc1ccc(SC(F)F)cc1. The Kier molecular flexibility index (Phi) is 6.92. The molecule has 1 amide bonds. The van der Waals surface area contributed by atoms with E-state index >= 15 is 0 Å². The number of nitrogens with zero attached hydrogens (tertiary/aromatic N) is 1. The van der Waals surface area contributed by atoms with Crippen LogP contribution < -0.4 is 10.6 Å². The molecule has 10 heteroatoms. The molecule has 0 fully saturated rings. The molecule has 0 saturated heterocycles. The molecule has 1 unspecified atom stereocenters. The predicted octanol–water partition coefficient (Wildman–Crippen LogP) is 3.99. The third-order valence-electron chi connectivity index (χ3n) is 3.29. The monoisotopic (exact) mass is 401 g/mol. The van der Waals surface area contributed by atoms with Gasteiger partial charge in [-0.05, 0) is 49.6 Å². The zero-order valence-electron chi connectivity index (χ0n) is 14.2. The van der Waals surface area contributed by atoms with E-state index in [1.54, 1.807) is 14.0 Å². The van der Waals surface area contributed by atoms with E-state index in [1.165, 1.54) is 31.2 Å². The Bertz CT molecular complexity index is 782. The van der Waals surface area contributed by atoms with Gasteiger partial charge in [0.1, 0.15) is 10.6 Å². The Morgan fingerprint density at radius 1 is 1.27 bits per heavy atom. The molecule has 0 radical (unpaired) electrons. The minimum Gasteiger partial charge on any atom is -0.449 e. The summed E-state index contributed by atoms with van der Waals surface area (Å²) < 4.78 is 33.9. The molecular weight excluding hydrogens is 384 g/mol. The van der Waals surface area contributed by atoms with E-state index < -0.39 is 23.7 Å². The van der Waals surface area contributed by atoms with Gasteiger partial charge in [0.25, 0.3) is 11.7 Å². The molecule has 6 nitrogen and oxygen atoms in total. The first-order chi connectivity index (χ1) is 12.3. The number of aryl methyl sites for hydroxylation is 1. The number of ether oxygens (including phenoxy) is 1. The maximum absolute atomic E-state index is 12.3. The molecule has 26 heavy (non-hydrogen) atoms. The average Bonchev–Trinajstić information content (AvgIpc) is 2.96. The normalized spacial score (nSPS) is 11.9. The first-order valence-corrected chi connectivity index (χ1v) is 9.18. The third kappa shape index (κ3) is 5.15. The highest BCUT2D eigenvalue weighted by Gasteiger charge is 2.24. The summed E-state index contributed by atoms with van der Waals surface area (Å²) in [6.07, 6.45) is -1.04. The fourth-order valence-electron chi connectivity index (χ4n) is 2.02. The van der Waals surface area contributed by atoms with Crippen molar-refractivity contribution in [2.45, 2.75) is 30.6 Å². The van der Waals surface area contributed by atoms with Crippen molar-refractivity contribution in [1.82, 2.24) is 4.37 Å². The van der Waals surface area contributed by atoms with E-state index in [4.69, 9.17) is 4.74 Å². The number of carbonyl (C=O) groups excluding carboxylic acids is 2. The van der Waals surface area contributed by atoms with Gasteiger partial charge in [0.2, 0.25) is 0 Å². The van der Waals surface area contributed by atoms with Gasteiger partial charge in [0.05, 0.1) is 5.69 Å². The van der Waals surface area contributed by atoms with Gasteiger partial charge in [-0.25, -0.2) is 4.79 Å². The van der Waals surface area contributed by atoms with Gasteiger partial charge in [0, 0.05) is 17.6 Å². The number of benzene rings is 1. The number of hydrogen-bond acceptors (Lipinski definition) is 7. The van der Waals surface area contributed by atoms with E-state index in [-0.39, 0.29) is 0 Å². The van der Waals surface area contributed by atoms with Crippen LogP contribution in [-0.2, 0) is 9.53 Å². The number of thioether (sulfide) groups is 1. The number of rotatable bonds is 7. The van der Waals surface area contributed by atoms with Gasteiger partial charge in [0.15, 0.2) is 6.10 Å². The molecule has 1 heterocycles. The summed E-state index contributed by atoms with van der Waals surface area (Å²) in [6, 6.07) is 5.96. The maximum atomic E-state index is 12.3. The van der Waals surface area contributed by atoms with Gasteiger partial charge >= 0.3 is 5.97 Å². The lowest BCUT2D eigenvalue weighted by molar-refractivity contribution is -0.123. The average molecular weight is 401 g/mol. The molecule has 1 atom stereocenters. The lowest BCUT2D eigenvalue weighted by Crippen LogP contribution is -2.30. The van der Waals surface area contributed by atoms with Gasteiger partial charge in [-0.15, -0.1) is 0 Å². The van der Waals surface area contributed by atoms with Gasteiger partial charge in [-0.3, -0.25) is 4.79 Å². The molecular formula is C16H17F2N3O3S2. The van der Waals surface area contributed by atoms with Gasteiger partial charge in [-0.2, -0.15) is 13.2 Å². The quantitative estimate of drug-likeness (QED) is 0.539. The van der Waals surface area contributed by atoms with Crippen LogP contribution in [0.5, 0.6) is 0 Å². The maximum Gasteiger partial charge on any atom is 0.343 e. The highest BCUT2D eigenvalue weighted by Crippen LogP contribution is 2.27. The van der Waals surface area contributed by atoms with Crippen LogP contribution in [0, 0.1) is 6.92 Å². The van der Waals surface area contributed by atoms with Crippen molar-refractivity contribution in [3.8, 4) is 0 Å². The number of nitrogens with one attached hydrogen (secondary N) is 2. The standard InChI is InChI=1S/C16H17F2N3O3S2/c1-8-12(14(19-3)26-21-8)15(23)24-9(2)13(22)20-10-4-6-11(7-5-10)25-16(17)18/h4-7,9,16,19H,1-3H3,(H,20,22). The highest BCUT2D eigenvalue weighted by molar-refractivity contribution is 7.99. The van der Waals surface area contributed by atoms with Crippen molar-refractivity contribution >= 4 is 45.9 Å². The smallest absolute Gasteiger partial charge is 0.343 e. The predicted molar refractivity (Wildman–Crippen MR) is 98.2 cm³/mol. The Balaban J connectivity index is 1.97. The Hall–Kier alpha value is -2.20. The fourth-order valence-corrected chi connectivity index (χ4v) is 3.25. The summed E-state index contributed by atoms with van der Waals surface area (Å²) in [6.45, 7) is 3.13. The molecule has 1 aromatic heterocycles. The molecule has 2 aromatic rings. The van der Waals surface area contributed by atoms with E-state index in [0.29, 0.717) is 38.6 Å². The van der Waals surface area contributed by atoms with Crippen molar-refractivity contribution < 1.29 is 23.1 Å². The Morgan fingerprint density at radius 2 is 1.92 bits per heavy atom. The van der Waals surface area contributed by atoms with Crippen LogP contribution in [-0.4, -0.2) is 35.2 Å². The minimum absolute atomic E-state index is 0.297. The number of amides is 1.